The Morgan fingerprint density at radius 3 is 2.56 bits per heavy atom. The summed E-state index contributed by atoms with van der Waals surface area (Å²) < 4.78 is 10.8. The molecule has 5 nitrogen and oxygen atoms in total. The van der Waals surface area contributed by atoms with E-state index in [1.54, 1.807) is 7.11 Å². The number of ether oxygens (including phenoxy) is 2. The van der Waals surface area contributed by atoms with Crippen molar-refractivity contribution in [3.05, 3.63) is 54.1 Å². The van der Waals surface area contributed by atoms with Gasteiger partial charge in [-0.2, -0.15) is 0 Å². The molecular weight excluding hydrogens is 429 g/mol. The molecule has 0 aliphatic carbocycles. The molecule has 2 aromatic carbocycles. The summed E-state index contributed by atoms with van der Waals surface area (Å²) >= 11 is 0. The summed E-state index contributed by atoms with van der Waals surface area (Å²) in [5.41, 5.74) is 8.12. The molecule has 0 heterocycles. The average molecular weight is 455 g/mol. The Kier molecular flexibility index (Phi) is 9.12. The number of nitrogens with zero attached hydrogens (tertiary/aromatic N) is 1. The van der Waals surface area contributed by atoms with Crippen molar-refractivity contribution in [1.29, 1.82) is 0 Å². The monoisotopic (exact) mass is 455 g/mol. The van der Waals surface area contributed by atoms with E-state index in [0.29, 0.717) is 25.0 Å². The molecule has 0 amide bonds. The number of aliphatic imine (C=N–C) groups is 1. The molecule has 0 saturated heterocycles. The minimum absolute atomic E-state index is 0. The maximum absolute atomic E-state index is 5.92. The van der Waals surface area contributed by atoms with Crippen LogP contribution in [-0.4, -0.2) is 26.2 Å². The van der Waals surface area contributed by atoms with Crippen LogP contribution in [0.25, 0.3) is 0 Å². The number of guanidine groups is 1. The quantitative estimate of drug-likeness (QED) is 0.284. The van der Waals surface area contributed by atoms with Gasteiger partial charge in [0.1, 0.15) is 18.1 Å². The van der Waals surface area contributed by atoms with E-state index in [0.717, 1.165) is 17.2 Å². The van der Waals surface area contributed by atoms with Crippen LogP contribution in [0.2, 0.25) is 0 Å². The molecule has 2 rings (SSSR count). The Balaban J connectivity index is 0.00000312. The van der Waals surface area contributed by atoms with E-state index in [2.05, 4.69) is 36.3 Å². The molecule has 0 atom stereocenters. The molecule has 0 saturated carbocycles. The molecule has 3 N–H and O–H groups in total. The van der Waals surface area contributed by atoms with Crippen molar-refractivity contribution >= 4 is 35.6 Å². The third kappa shape index (κ3) is 7.21. The molecular formula is C19H26IN3O2. The SMILES string of the molecule is COc1cccc(OCCN=C(N)Nc2cccc(C(C)C)c2)c1.I. The number of nitrogens with two attached hydrogens (primary N) is 1. The van der Waals surface area contributed by atoms with Gasteiger partial charge < -0.3 is 20.5 Å². The summed E-state index contributed by atoms with van der Waals surface area (Å²) in [6.07, 6.45) is 0. The lowest BCUT2D eigenvalue weighted by molar-refractivity contribution is 0.325. The van der Waals surface area contributed by atoms with Gasteiger partial charge in [0.05, 0.1) is 13.7 Å². The van der Waals surface area contributed by atoms with Gasteiger partial charge in [0.2, 0.25) is 0 Å². The maximum Gasteiger partial charge on any atom is 0.193 e. The zero-order chi connectivity index (χ0) is 17.4. The molecule has 0 aliphatic heterocycles. The Bertz CT molecular complexity index is 690. The third-order valence-corrected chi connectivity index (χ3v) is 3.51. The molecule has 0 aliphatic rings. The van der Waals surface area contributed by atoms with Gasteiger partial charge in [-0.15, -0.1) is 24.0 Å². The fraction of sp³-hybridized carbons (Fsp3) is 0.316. The number of methoxy groups -OCH3 is 1. The number of benzene rings is 2. The topological polar surface area (TPSA) is 68.9 Å². The number of halogens is 1. The highest BCUT2D eigenvalue weighted by Crippen LogP contribution is 2.19. The Hall–Kier alpha value is -1.96. The number of rotatable bonds is 7. The highest BCUT2D eigenvalue weighted by molar-refractivity contribution is 14.0. The van der Waals surface area contributed by atoms with Crippen LogP contribution < -0.4 is 20.5 Å². The summed E-state index contributed by atoms with van der Waals surface area (Å²) in [6, 6.07) is 15.6. The van der Waals surface area contributed by atoms with Crippen molar-refractivity contribution in [3.8, 4) is 11.5 Å². The molecule has 0 unspecified atom stereocenters. The largest absolute Gasteiger partial charge is 0.497 e. The second kappa shape index (κ2) is 10.8. The zero-order valence-electron chi connectivity index (χ0n) is 14.9. The molecule has 6 heteroatoms. The van der Waals surface area contributed by atoms with E-state index in [-0.39, 0.29) is 24.0 Å². The van der Waals surface area contributed by atoms with Crippen molar-refractivity contribution < 1.29 is 9.47 Å². The van der Waals surface area contributed by atoms with Crippen LogP contribution in [0.1, 0.15) is 25.3 Å². The highest BCUT2D eigenvalue weighted by Gasteiger charge is 2.01. The first-order chi connectivity index (χ1) is 11.6. The van der Waals surface area contributed by atoms with Crippen molar-refractivity contribution in [2.75, 3.05) is 25.6 Å². The Morgan fingerprint density at radius 1 is 1.12 bits per heavy atom. The first-order valence-corrected chi connectivity index (χ1v) is 8.02. The second-order valence-electron chi connectivity index (χ2n) is 5.70. The summed E-state index contributed by atoms with van der Waals surface area (Å²) in [5.74, 6) is 2.37. The second-order valence-corrected chi connectivity index (χ2v) is 5.70. The lowest BCUT2D eigenvalue weighted by Crippen LogP contribution is -2.23. The molecule has 0 bridgehead atoms. The number of nitrogens with one attached hydrogen (secondary N) is 1. The first kappa shape index (κ1) is 21.1. The molecule has 25 heavy (non-hydrogen) atoms. The zero-order valence-corrected chi connectivity index (χ0v) is 17.2. The lowest BCUT2D eigenvalue weighted by Gasteiger charge is -2.10. The van der Waals surface area contributed by atoms with Crippen LogP contribution in [0.15, 0.2) is 53.5 Å². The maximum atomic E-state index is 5.92. The van der Waals surface area contributed by atoms with E-state index >= 15 is 0 Å². The summed E-state index contributed by atoms with van der Waals surface area (Å²) in [6.45, 7) is 5.24. The standard InChI is InChI=1S/C19H25N3O2.HI/c1-14(2)15-6-4-7-16(12-15)22-19(20)21-10-11-24-18-9-5-8-17(13-18)23-3;/h4-9,12-14H,10-11H2,1-3H3,(H3,20,21,22);1H. The van der Waals surface area contributed by atoms with E-state index in [9.17, 15) is 0 Å². The van der Waals surface area contributed by atoms with Crippen LogP contribution in [-0.2, 0) is 0 Å². The van der Waals surface area contributed by atoms with Gasteiger partial charge in [-0.25, -0.2) is 4.99 Å². The minimum Gasteiger partial charge on any atom is -0.497 e. The van der Waals surface area contributed by atoms with Crippen LogP contribution in [0.5, 0.6) is 11.5 Å². The van der Waals surface area contributed by atoms with Gasteiger partial charge in [-0.3, -0.25) is 0 Å². The molecule has 0 radical (unpaired) electrons. The van der Waals surface area contributed by atoms with E-state index in [4.69, 9.17) is 15.2 Å². The molecule has 0 fully saturated rings. The molecule has 2 aromatic rings. The van der Waals surface area contributed by atoms with Crippen molar-refractivity contribution in [2.45, 2.75) is 19.8 Å². The number of hydrogen-bond donors (Lipinski definition) is 2. The average Bonchev–Trinajstić information content (AvgIpc) is 2.59. The third-order valence-electron chi connectivity index (χ3n) is 3.51. The van der Waals surface area contributed by atoms with E-state index in [1.165, 1.54) is 5.56 Å². The van der Waals surface area contributed by atoms with Gasteiger partial charge in [-0.1, -0.05) is 32.0 Å². The van der Waals surface area contributed by atoms with Gasteiger partial charge >= 0.3 is 0 Å². The van der Waals surface area contributed by atoms with Crippen LogP contribution in [0.4, 0.5) is 5.69 Å². The normalized spacial score (nSPS) is 11.0. The molecule has 0 spiro atoms. The predicted octanol–water partition coefficient (Wildman–Crippen LogP) is 4.24. The van der Waals surface area contributed by atoms with Gasteiger partial charge in [0.15, 0.2) is 5.96 Å². The predicted molar refractivity (Wildman–Crippen MR) is 115 cm³/mol. The van der Waals surface area contributed by atoms with Gasteiger partial charge in [-0.05, 0) is 35.7 Å². The molecule has 136 valence electrons. The fourth-order valence-electron chi connectivity index (χ4n) is 2.18. The smallest absolute Gasteiger partial charge is 0.193 e. The Morgan fingerprint density at radius 2 is 1.84 bits per heavy atom. The summed E-state index contributed by atoms with van der Waals surface area (Å²) in [7, 11) is 1.63. The highest BCUT2D eigenvalue weighted by atomic mass is 127. The van der Waals surface area contributed by atoms with E-state index in [1.807, 2.05) is 36.4 Å². The van der Waals surface area contributed by atoms with E-state index < -0.39 is 0 Å². The van der Waals surface area contributed by atoms with Gasteiger partial charge in [0, 0.05) is 11.8 Å². The van der Waals surface area contributed by atoms with Crippen LogP contribution in [0, 0.1) is 0 Å². The Labute approximate surface area is 166 Å². The molecule has 0 aromatic heterocycles. The number of anilines is 1. The van der Waals surface area contributed by atoms with Crippen molar-refractivity contribution in [1.82, 2.24) is 0 Å². The van der Waals surface area contributed by atoms with Crippen LogP contribution >= 0.6 is 24.0 Å². The van der Waals surface area contributed by atoms with Gasteiger partial charge in [0.25, 0.3) is 0 Å². The van der Waals surface area contributed by atoms with Crippen molar-refractivity contribution in [2.24, 2.45) is 10.7 Å². The fourth-order valence-corrected chi connectivity index (χ4v) is 2.18. The summed E-state index contributed by atoms with van der Waals surface area (Å²) in [4.78, 5) is 4.28. The minimum atomic E-state index is 0. The lowest BCUT2D eigenvalue weighted by atomic mass is 10.0. The van der Waals surface area contributed by atoms with Crippen LogP contribution in [0.3, 0.4) is 0 Å². The van der Waals surface area contributed by atoms with Crippen molar-refractivity contribution in [3.63, 3.8) is 0 Å². The number of hydrogen-bond acceptors (Lipinski definition) is 3. The first-order valence-electron chi connectivity index (χ1n) is 8.02. The summed E-state index contributed by atoms with van der Waals surface area (Å²) in [5, 5.41) is 3.11.